The van der Waals surface area contributed by atoms with Gasteiger partial charge in [0.15, 0.2) is 0 Å². The van der Waals surface area contributed by atoms with E-state index in [4.69, 9.17) is 4.74 Å². The van der Waals surface area contributed by atoms with Gasteiger partial charge in [-0.15, -0.1) is 0 Å². The van der Waals surface area contributed by atoms with Crippen molar-refractivity contribution in [1.29, 1.82) is 0 Å². The quantitative estimate of drug-likeness (QED) is 0.688. The van der Waals surface area contributed by atoms with Crippen LogP contribution in [0, 0.1) is 5.92 Å². The second kappa shape index (κ2) is 3.98. The molecule has 0 aromatic carbocycles. The van der Waals surface area contributed by atoms with Crippen molar-refractivity contribution in [2.75, 3.05) is 6.61 Å². The van der Waals surface area contributed by atoms with E-state index in [0.29, 0.717) is 31.1 Å². The number of alkyl carbamates (subject to hydrolysis) is 1. The van der Waals surface area contributed by atoms with E-state index in [1.54, 1.807) is 0 Å². The highest BCUT2D eigenvalue weighted by Gasteiger charge is 2.30. The van der Waals surface area contributed by atoms with E-state index in [-0.39, 0.29) is 12.1 Å². The first kappa shape index (κ1) is 9.49. The molecule has 1 atom stereocenters. The summed E-state index contributed by atoms with van der Waals surface area (Å²) in [6.45, 7) is 0.515. The second-order valence-corrected chi connectivity index (χ2v) is 4.05. The number of amides is 1. The fourth-order valence-corrected chi connectivity index (χ4v) is 2.26. The molecule has 1 aliphatic heterocycles. The molecule has 0 aromatic rings. The normalized spacial score (nSPS) is 29.6. The van der Waals surface area contributed by atoms with Crippen LogP contribution in [0.4, 0.5) is 4.79 Å². The van der Waals surface area contributed by atoms with Gasteiger partial charge in [0.05, 0.1) is 6.61 Å². The standard InChI is InChI=1S/C10H15NO3/c12-8-3-1-7(2-4-8)9-5-6-14-10(13)11-9/h7,9H,1-6H2,(H,11,13). The topological polar surface area (TPSA) is 55.4 Å². The Balaban J connectivity index is 1.88. The Bertz CT molecular complexity index is 242. The maximum atomic E-state index is 11.0. The van der Waals surface area contributed by atoms with Crippen molar-refractivity contribution in [3.05, 3.63) is 0 Å². The fraction of sp³-hybridized carbons (Fsp3) is 0.800. The molecule has 78 valence electrons. The SMILES string of the molecule is O=C1CCC(C2CCOC(=O)N2)CC1. The molecule has 0 aromatic heterocycles. The Morgan fingerprint density at radius 3 is 2.50 bits per heavy atom. The number of hydrogen-bond acceptors (Lipinski definition) is 3. The van der Waals surface area contributed by atoms with Gasteiger partial charge in [0.1, 0.15) is 5.78 Å². The summed E-state index contributed by atoms with van der Waals surface area (Å²) in [5.74, 6) is 0.834. The van der Waals surface area contributed by atoms with Gasteiger partial charge in [0.2, 0.25) is 0 Å². The minimum absolute atomic E-state index is 0.226. The first-order valence-electron chi connectivity index (χ1n) is 5.20. The van der Waals surface area contributed by atoms with E-state index >= 15 is 0 Å². The first-order valence-corrected chi connectivity index (χ1v) is 5.20. The van der Waals surface area contributed by atoms with E-state index < -0.39 is 0 Å². The van der Waals surface area contributed by atoms with Crippen LogP contribution in [-0.4, -0.2) is 24.5 Å². The smallest absolute Gasteiger partial charge is 0.407 e. The van der Waals surface area contributed by atoms with Gasteiger partial charge in [-0.2, -0.15) is 0 Å². The Hall–Kier alpha value is -1.06. The van der Waals surface area contributed by atoms with E-state index in [1.807, 2.05) is 0 Å². The van der Waals surface area contributed by atoms with Crippen LogP contribution in [-0.2, 0) is 9.53 Å². The summed E-state index contributed by atoms with van der Waals surface area (Å²) in [6, 6.07) is 0.226. The molecule has 14 heavy (non-hydrogen) atoms. The number of ether oxygens (including phenoxy) is 1. The summed E-state index contributed by atoms with van der Waals surface area (Å²) in [4.78, 5) is 22.0. The predicted molar refractivity (Wildman–Crippen MR) is 49.9 cm³/mol. The Labute approximate surface area is 83.0 Å². The number of carbonyl (C=O) groups excluding carboxylic acids is 2. The second-order valence-electron chi connectivity index (χ2n) is 4.05. The van der Waals surface area contributed by atoms with Crippen LogP contribution in [0.1, 0.15) is 32.1 Å². The summed E-state index contributed by atoms with van der Waals surface area (Å²) < 4.78 is 4.80. The maximum Gasteiger partial charge on any atom is 0.407 e. The molecule has 4 heteroatoms. The molecule has 4 nitrogen and oxygen atoms in total. The highest BCUT2D eigenvalue weighted by molar-refractivity contribution is 5.79. The van der Waals surface area contributed by atoms with Crippen molar-refractivity contribution in [3.63, 3.8) is 0 Å². The number of carbonyl (C=O) groups is 2. The number of Topliss-reactive ketones (excluding diaryl/α,β-unsaturated/α-hetero) is 1. The highest BCUT2D eigenvalue weighted by Crippen LogP contribution is 2.27. The van der Waals surface area contributed by atoms with Crippen LogP contribution in [0.25, 0.3) is 0 Å². The third-order valence-electron chi connectivity index (χ3n) is 3.12. The molecule has 1 unspecified atom stereocenters. The van der Waals surface area contributed by atoms with Gasteiger partial charge in [-0.05, 0) is 18.8 Å². The van der Waals surface area contributed by atoms with Crippen molar-refractivity contribution in [3.8, 4) is 0 Å². The molecule has 0 spiro atoms. The van der Waals surface area contributed by atoms with Crippen molar-refractivity contribution in [1.82, 2.24) is 5.32 Å². The fourth-order valence-electron chi connectivity index (χ4n) is 2.26. The predicted octanol–water partition coefficient (Wildman–Crippen LogP) is 1.24. The van der Waals surface area contributed by atoms with Crippen LogP contribution in [0.2, 0.25) is 0 Å². The molecule has 1 aliphatic carbocycles. The summed E-state index contributed by atoms with van der Waals surface area (Å²) in [5, 5.41) is 2.83. The molecule has 0 bridgehead atoms. The molecule has 0 radical (unpaired) electrons. The molecule has 2 aliphatic rings. The minimum atomic E-state index is -0.307. The van der Waals surface area contributed by atoms with Gasteiger partial charge < -0.3 is 10.1 Å². The van der Waals surface area contributed by atoms with Crippen molar-refractivity contribution < 1.29 is 14.3 Å². The lowest BCUT2D eigenvalue weighted by molar-refractivity contribution is -0.121. The molecule has 1 saturated carbocycles. The number of cyclic esters (lactones) is 1. The minimum Gasteiger partial charge on any atom is -0.449 e. The van der Waals surface area contributed by atoms with Crippen LogP contribution in [0.15, 0.2) is 0 Å². The molecule has 2 rings (SSSR count). The van der Waals surface area contributed by atoms with E-state index in [1.165, 1.54) is 0 Å². The zero-order chi connectivity index (χ0) is 9.97. The lowest BCUT2D eigenvalue weighted by atomic mass is 9.82. The molecule has 1 saturated heterocycles. The van der Waals surface area contributed by atoms with Gasteiger partial charge in [0, 0.05) is 25.3 Å². The number of rotatable bonds is 1. The highest BCUT2D eigenvalue weighted by atomic mass is 16.5. The largest absolute Gasteiger partial charge is 0.449 e. The van der Waals surface area contributed by atoms with E-state index in [9.17, 15) is 9.59 Å². The van der Waals surface area contributed by atoms with Gasteiger partial charge in [-0.1, -0.05) is 0 Å². The number of hydrogen-bond donors (Lipinski definition) is 1. The zero-order valence-electron chi connectivity index (χ0n) is 8.12. The van der Waals surface area contributed by atoms with E-state index in [0.717, 1.165) is 19.3 Å². The molecular weight excluding hydrogens is 182 g/mol. The zero-order valence-corrected chi connectivity index (χ0v) is 8.12. The number of nitrogens with one attached hydrogen (secondary N) is 1. The summed E-state index contributed by atoms with van der Waals surface area (Å²) >= 11 is 0. The lowest BCUT2D eigenvalue weighted by Crippen LogP contribution is -2.46. The number of ketones is 1. The average Bonchev–Trinajstić information content (AvgIpc) is 2.19. The first-order chi connectivity index (χ1) is 6.75. The van der Waals surface area contributed by atoms with E-state index in [2.05, 4.69) is 5.32 Å². The van der Waals surface area contributed by atoms with Crippen LogP contribution >= 0.6 is 0 Å². The Morgan fingerprint density at radius 1 is 1.14 bits per heavy atom. The Morgan fingerprint density at radius 2 is 1.86 bits per heavy atom. The molecule has 1 heterocycles. The summed E-state index contributed by atoms with van der Waals surface area (Å²) in [7, 11) is 0. The third-order valence-corrected chi connectivity index (χ3v) is 3.12. The van der Waals surface area contributed by atoms with Crippen molar-refractivity contribution >= 4 is 11.9 Å². The van der Waals surface area contributed by atoms with Crippen molar-refractivity contribution in [2.24, 2.45) is 5.92 Å². The molecule has 1 amide bonds. The van der Waals surface area contributed by atoms with Crippen LogP contribution < -0.4 is 5.32 Å². The molecular formula is C10H15NO3. The third kappa shape index (κ3) is 2.05. The Kier molecular flexibility index (Phi) is 2.70. The lowest BCUT2D eigenvalue weighted by Gasteiger charge is -2.32. The van der Waals surface area contributed by atoms with Gasteiger partial charge >= 0.3 is 6.09 Å². The van der Waals surface area contributed by atoms with Crippen molar-refractivity contribution in [2.45, 2.75) is 38.1 Å². The average molecular weight is 197 g/mol. The van der Waals surface area contributed by atoms with Gasteiger partial charge in [-0.3, -0.25) is 4.79 Å². The summed E-state index contributed by atoms with van der Waals surface area (Å²) in [6.07, 6.45) is 3.77. The van der Waals surface area contributed by atoms with Crippen LogP contribution in [0.3, 0.4) is 0 Å². The van der Waals surface area contributed by atoms with Gasteiger partial charge in [0.25, 0.3) is 0 Å². The van der Waals surface area contributed by atoms with Crippen LogP contribution in [0.5, 0.6) is 0 Å². The van der Waals surface area contributed by atoms with Gasteiger partial charge in [-0.25, -0.2) is 4.79 Å². The monoisotopic (exact) mass is 197 g/mol. The molecule has 2 fully saturated rings. The maximum absolute atomic E-state index is 11.0. The summed E-state index contributed by atoms with van der Waals surface area (Å²) in [5.41, 5.74) is 0. The molecule has 1 N–H and O–H groups in total.